The van der Waals surface area contributed by atoms with Gasteiger partial charge < -0.3 is 10.2 Å². The van der Waals surface area contributed by atoms with Crippen LogP contribution in [0.2, 0.25) is 0 Å². The first-order chi connectivity index (χ1) is 12.3. The molecule has 1 aliphatic heterocycles. The molecule has 0 bridgehead atoms. The lowest BCUT2D eigenvalue weighted by atomic mass is 9.99. The summed E-state index contributed by atoms with van der Waals surface area (Å²) in [5, 5.41) is 3.12. The summed E-state index contributed by atoms with van der Waals surface area (Å²) in [6, 6.07) is 12.9. The van der Waals surface area contributed by atoms with Crippen molar-refractivity contribution in [3.05, 3.63) is 57.3 Å². The molecule has 1 fully saturated rings. The molecule has 2 aliphatic rings. The van der Waals surface area contributed by atoms with E-state index in [1.165, 1.54) is 35.3 Å². The standard InChI is InChI=1S/C21H26N2OS/c24-21(20-14-17-8-4-5-9-19(17)25-20)22-11-13-23-12-10-18(15-23)16-6-2-1-3-7-16/h1-3,6-7,14,18H,4-5,8-13,15H2,(H,22,24). The Kier molecular flexibility index (Phi) is 5.18. The van der Waals surface area contributed by atoms with E-state index in [1.807, 2.05) is 0 Å². The Hall–Kier alpha value is -1.65. The molecule has 1 atom stereocenters. The SMILES string of the molecule is O=C(NCCN1CCC(c2ccccc2)C1)c1cc2c(s1)CCCC2. The molecule has 1 saturated heterocycles. The van der Waals surface area contributed by atoms with Crippen LogP contribution in [0, 0.1) is 0 Å². The summed E-state index contributed by atoms with van der Waals surface area (Å²) in [6.07, 6.45) is 6.06. The first kappa shape index (κ1) is 16.8. The Bertz CT molecular complexity index is 701. The van der Waals surface area contributed by atoms with Crippen LogP contribution in [0.1, 0.15) is 50.9 Å². The minimum Gasteiger partial charge on any atom is -0.350 e. The maximum Gasteiger partial charge on any atom is 0.261 e. The van der Waals surface area contributed by atoms with Crippen LogP contribution in [0.5, 0.6) is 0 Å². The van der Waals surface area contributed by atoms with Gasteiger partial charge in [-0.15, -0.1) is 11.3 Å². The molecule has 1 aromatic carbocycles. The van der Waals surface area contributed by atoms with Crippen molar-refractivity contribution in [2.75, 3.05) is 26.2 Å². The molecule has 1 N–H and O–H groups in total. The average molecular weight is 355 g/mol. The molecule has 4 rings (SSSR count). The third kappa shape index (κ3) is 3.96. The number of thiophene rings is 1. The maximum atomic E-state index is 12.4. The van der Waals surface area contributed by atoms with Gasteiger partial charge >= 0.3 is 0 Å². The Morgan fingerprint density at radius 2 is 2.04 bits per heavy atom. The highest BCUT2D eigenvalue weighted by Crippen LogP contribution is 2.29. The second kappa shape index (κ2) is 7.71. The molecule has 0 spiro atoms. The summed E-state index contributed by atoms with van der Waals surface area (Å²) in [4.78, 5) is 17.2. The van der Waals surface area contributed by atoms with Crippen LogP contribution in [-0.4, -0.2) is 37.0 Å². The number of rotatable bonds is 5. The molecule has 2 aromatic rings. The Morgan fingerprint density at radius 3 is 2.88 bits per heavy atom. The lowest BCUT2D eigenvalue weighted by Gasteiger charge is -2.16. The molecule has 25 heavy (non-hydrogen) atoms. The van der Waals surface area contributed by atoms with Crippen molar-refractivity contribution in [2.45, 2.75) is 38.0 Å². The van der Waals surface area contributed by atoms with Gasteiger partial charge in [-0.3, -0.25) is 4.79 Å². The smallest absolute Gasteiger partial charge is 0.261 e. The van der Waals surface area contributed by atoms with Gasteiger partial charge in [0.25, 0.3) is 5.91 Å². The molecule has 132 valence electrons. The third-order valence-corrected chi connectivity index (χ3v) is 6.71. The van der Waals surface area contributed by atoms with Gasteiger partial charge in [-0.1, -0.05) is 30.3 Å². The number of carbonyl (C=O) groups is 1. The number of fused-ring (bicyclic) bond motifs is 1. The summed E-state index contributed by atoms with van der Waals surface area (Å²) >= 11 is 1.70. The molecular formula is C21H26N2OS. The van der Waals surface area contributed by atoms with Crippen LogP contribution < -0.4 is 5.32 Å². The number of likely N-dealkylation sites (tertiary alicyclic amines) is 1. The first-order valence-electron chi connectivity index (χ1n) is 9.46. The topological polar surface area (TPSA) is 32.3 Å². The first-order valence-corrected chi connectivity index (χ1v) is 10.3. The number of amides is 1. The molecule has 0 saturated carbocycles. The molecule has 4 heteroatoms. The van der Waals surface area contributed by atoms with Gasteiger partial charge in [-0.2, -0.15) is 0 Å². The highest BCUT2D eigenvalue weighted by Gasteiger charge is 2.23. The van der Waals surface area contributed by atoms with E-state index in [2.05, 4.69) is 46.6 Å². The molecule has 1 aliphatic carbocycles. The number of hydrogen-bond acceptors (Lipinski definition) is 3. The van der Waals surface area contributed by atoms with E-state index >= 15 is 0 Å². The van der Waals surface area contributed by atoms with Crippen LogP contribution in [0.25, 0.3) is 0 Å². The quantitative estimate of drug-likeness (QED) is 0.885. The molecule has 3 nitrogen and oxygen atoms in total. The number of aryl methyl sites for hydroxylation is 2. The highest BCUT2D eigenvalue weighted by molar-refractivity contribution is 7.14. The summed E-state index contributed by atoms with van der Waals surface area (Å²) in [5.74, 6) is 0.749. The Morgan fingerprint density at radius 1 is 1.20 bits per heavy atom. The lowest BCUT2D eigenvalue weighted by molar-refractivity contribution is 0.0953. The van der Waals surface area contributed by atoms with Gasteiger partial charge in [0.05, 0.1) is 4.88 Å². The Labute approximate surface area is 154 Å². The molecule has 2 heterocycles. The second-order valence-electron chi connectivity index (χ2n) is 7.22. The van der Waals surface area contributed by atoms with Crippen LogP contribution >= 0.6 is 11.3 Å². The van der Waals surface area contributed by atoms with E-state index < -0.39 is 0 Å². The number of hydrogen-bond donors (Lipinski definition) is 1. The van der Waals surface area contributed by atoms with Crippen LogP contribution in [-0.2, 0) is 12.8 Å². The van der Waals surface area contributed by atoms with Gasteiger partial charge in [0.15, 0.2) is 0 Å². The Balaban J connectivity index is 1.24. The monoisotopic (exact) mass is 354 g/mol. The zero-order valence-corrected chi connectivity index (χ0v) is 15.5. The number of nitrogens with zero attached hydrogens (tertiary/aromatic N) is 1. The van der Waals surface area contributed by atoms with Gasteiger partial charge in [-0.05, 0) is 61.8 Å². The fraction of sp³-hybridized carbons (Fsp3) is 0.476. The summed E-state index contributed by atoms with van der Waals surface area (Å²) in [7, 11) is 0. The van der Waals surface area contributed by atoms with Crippen LogP contribution in [0.15, 0.2) is 36.4 Å². The number of nitrogens with one attached hydrogen (secondary N) is 1. The van der Waals surface area contributed by atoms with Crippen LogP contribution in [0.4, 0.5) is 0 Å². The summed E-state index contributed by atoms with van der Waals surface area (Å²) in [5.41, 5.74) is 2.85. The predicted octanol–water partition coefficient (Wildman–Crippen LogP) is 3.85. The fourth-order valence-corrected chi connectivity index (χ4v) is 5.22. The second-order valence-corrected chi connectivity index (χ2v) is 8.36. The molecule has 1 amide bonds. The van der Waals surface area contributed by atoms with Crippen LogP contribution in [0.3, 0.4) is 0 Å². The van der Waals surface area contributed by atoms with E-state index in [4.69, 9.17) is 0 Å². The number of carbonyl (C=O) groups excluding carboxylic acids is 1. The van der Waals surface area contributed by atoms with Crippen molar-refractivity contribution in [3.8, 4) is 0 Å². The van der Waals surface area contributed by atoms with E-state index in [9.17, 15) is 4.79 Å². The maximum absolute atomic E-state index is 12.4. The van der Waals surface area contributed by atoms with E-state index in [0.717, 1.165) is 43.9 Å². The highest BCUT2D eigenvalue weighted by atomic mass is 32.1. The van der Waals surface area contributed by atoms with Gasteiger partial charge in [0, 0.05) is 24.5 Å². The van der Waals surface area contributed by atoms with Crippen molar-refractivity contribution in [2.24, 2.45) is 0 Å². The van der Waals surface area contributed by atoms with Gasteiger partial charge in [-0.25, -0.2) is 0 Å². The molecule has 1 aromatic heterocycles. The largest absolute Gasteiger partial charge is 0.350 e. The van der Waals surface area contributed by atoms with Crippen molar-refractivity contribution in [3.63, 3.8) is 0 Å². The van der Waals surface area contributed by atoms with Crippen molar-refractivity contribution in [1.29, 1.82) is 0 Å². The number of benzene rings is 1. The zero-order valence-electron chi connectivity index (χ0n) is 14.7. The van der Waals surface area contributed by atoms with Crippen molar-refractivity contribution < 1.29 is 4.79 Å². The zero-order chi connectivity index (χ0) is 17.1. The molecule has 0 radical (unpaired) electrons. The fourth-order valence-electron chi connectivity index (χ4n) is 4.05. The predicted molar refractivity (Wildman–Crippen MR) is 104 cm³/mol. The average Bonchev–Trinajstić information content (AvgIpc) is 3.29. The summed E-state index contributed by atoms with van der Waals surface area (Å²) < 4.78 is 0. The van der Waals surface area contributed by atoms with Gasteiger partial charge in [0.2, 0.25) is 0 Å². The van der Waals surface area contributed by atoms with E-state index in [1.54, 1.807) is 11.3 Å². The van der Waals surface area contributed by atoms with E-state index in [0.29, 0.717) is 5.92 Å². The van der Waals surface area contributed by atoms with E-state index in [-0.39, 0.29) is 5.91 Å². The molecular weight excluding hydrogens is 328 g/mol. The minimum atomic E-state index is 0.109. The normalized spacial score (nSPS) is 20.4. The van der Waals surface area contributed by atoms with Crippen molar-refractivity contribution in [1.82, 2.24) is 10.2 Å². The lowest BCUT2D eigenvalue weighted by Crippen LogP contribution is -2.33. The summed E-state index contributed by atoms with van der Waals surface area (Å²) in [6.45, 7) is 3.92. The third-order valence-electron chi connectivity index (χ3n) is 5.48. The molecule has 1 unspecified atom stereocenters. The van der Waals surface area contributed by atoms with Crippen molar-refractivity contribution >= 4 is 17.2 Å². The minimum absolute atomic E-state index is 0.109. The van der Waals surface area contributed by atoms with Gasteiger partial charge in [0.1, 0.15) is 0 Å².